The van der Waals surface area contributed by atoms with E-state index in [0.29, 0.717) is 27.7 Å². The summed E-state index contributed by atoms with van der Waals surface area (Å²) in [6.45, 7) is 0. The molecule has 0 radical (unpaired) electrons. The number of carbonyl (C=O) groups is 2. The van der Waals surface area contributed by atoms with Gasteiger partial charge < -0.3 is 16.4 Å². The van der Waals surface area contributed by atoms with Gasteiger partial charge in [0.1, 0.15) is 11.5 Å². The highest BCUT2D eigenvalue weighted by Crippen LogP contribution is 2.37. The molecule has 8 nitrogen and oxygen atoms in total. The number of pyridine rings is 1. The summed E-state index contributed by atoms with van der Waals surface area (Å²) in [5.41, 5.74) is 6.18. The molecule has 2 aromatic heterocycles. The molecule has 0 bridgehead atoms. The Labute approximate surface area is 184 Å². The van der Waals surface area contributed by atoms with E-state index >= 15 is 0 Å². The molecule has 2 amide bonds. The number of anilines is 3. The average Bonchev–Trinajstić information content (AvgIpc) is 3.34. The second-order valence-corrected chi connectivity index (χ2v) is 7.42. The van der Waals surface area contributed by atoms with Gasteiger partial charge in [-0.2, -0.15) is 5.10 Å². The number of nitrogens with zero attached hydrogens (tertiary/aromatic N) is 3. The zero-order valence-electron chi connectivity index (χ0n) is 16.1. The first-order valence-corrected chi connectivity index (χ1v) is 9.69. The van der Waals surface area contributed by atoms with Crippen LogP contribution in [0, 0.1) is 0 Å². The van der Waals surface area contributed by atoms with E-state index in [2.05, 4.69) is 20.7 Å². The van der Waals surface area contributed by atoms with E-state index in [1.165, 1.54) is 12.3 Å². The monoisotopic (exact) mass is 454 g/mol. The molecule has 0 saturated carbocycles. The van der Waals surface area contributed by atoms with Gasteiger partial charge >= 0.3 is 0 Å². The number of hydrogen-bond acceptors (Lipinski definition) is 5. The molecule has 5 rings (SSSR count). The van der Waals surface area contributed by atoms with Crippen LogP contribution in [0.25, 0.3) is 16.5 Å². The van der Waals surface area contributed by atoms with Crippen LogP contribution < -0.4 is 16.4 Å². The molecule has 0 aliphatic carbocycles. The molecule has 2 aromatic carbocycles. The van der Waals surface area contributed by atoms with Crippen LogP contribution in [0.15, 0.2) is 48.8 Å². The minimum absolute atomic E-state index is 0.0748. The summed E-state index contributed by atoms with van der Waals surface area (Å²) < 4.78 is 29.2. The van der Waals surface area contributed by atoms with Crippen LogP contribution in [0.1, 0.15) is 32.8 Å². The number of nitrogens with two attached hydrogens (primary N) is 1. The quantitative estimate of drug-likeness (QED) is 0.422. The molecule has 0 atom stereocenters. The van der Waals surface area contributed by atoms with Crippen LogP contribution >= 0.6 is 11.6 Å². The summed E-state index contributed by atoms with van der Waals surface area (Å²) in [5.74, 6) is -1.00. The Morgan fingerprint density at radius 2 is 2.03 bits per heavy atom. The first-order chi connectivity index (χ1) is 15.3. The Balaban J connectivity index is 1.61. The highest BCUT2D eigenvalue weighted by Gasteiger charge is 2.28. The fraction of sp³-hybridized carbons (Fsp3) is 0.0476. The van der Waals surface area contributed by atoms with Gasteiger partial charge in [-0.1, -0.05) is 23.7 Å². The molecule has 4 aromatic rings. The van der Waals surface area contributed by atoms with Crippen molar-refractivity contribution in [3.63, 3.8) is 0 Å². The maximum absolute atomic E-state index is 14.1. The van der Waals surface area contributed by atoms with Crippen molar-refractivity contribution in [1.82, 2.24) is 14.8 Å². The third kappa shape index (κ3) is 3.04. The van der Waals surface area contributed by atoms with E-state index in [1.54, 1.807) is 30.3 Å². The first-order valence-electron chi connectivity index (χ1n) is 9.31. The number of rotatable bonds is 4. The van der Waals surface area contributed by atoms with Gasteiger partial charge in [0.2, 0.25) is 0 Å². The Morgan fingerprint density at radius 3 is 2.78 bits per heavy atom. The second-order valence-electron chi connectivity index (χ2n) is 7.02. The normalized spacial score (nSPS) is 12.4. The van der Waals surface area contributed by atoms with E-state index in [9.17, 15) is 18.4 Å². The van der Waals surface area contributed by atoms with Crippen LogP contribution in [-0.4, -0.2) is 26.6 Å². The largest absolute Gasteiger partial charge is 0.382 e. The van der Waals surface area contributed by atoms with Gasteiger partial charge in [-0.25, -0.2) is 18.4 Å². The van der Waals surface area contributed by atoms with E-state index in [-0.39, 0.29) is 28.0 Å². The summed E-state index contributed by atoms with van der Waals surface area (Å²) in [7, 11) is 0. The van der Waals surface area contributed by atoms with Gasteiger partial charge in [-0.3, -0.25) is 9.59 Å². The fourth-order valence-electron chi connectivity index (χ4n) is 3.71. The third-order valence-corrected chi connectivity index (χ3v) is 5.43. The summed E-state index contributed by atoms with van der Waals surface area (Å²) in [6, 6.07) is 9.56. The molecule has 4 N–H and O–H groups in total. The standard InChI is InChI=1S/C21H13ClF2N6O2/c22-13-6-9(7-26-19(13)25)28-21(32)12-8-27-30(17(12)18(23)24)15-5-4-14-16-10(15)2-1-3-11(16)20(31)29-14/h1-8,18H,(H2,25,26)(H,28,32)(H,29,31). The van der Waals surface area contributed by atoms with Crippen molar-refractivity contribution in [2.45, 2.75) is 6.43 Å². The lowest BCUT2D eigenvalue weighted by atomic mass is 10.0. The lowest BCUT2D eigenvalue weighted by molar-refractivity contribution is 0.100. The maximum atomic E-state index is 14.1. The number of benzene rings is 2. The summed E-state index contributed by atoms with van der Waals surface area (Å²) >= 11 is 5.90. The predicted octanol–water partition coefficient (Wildman–Crippen LogP) is 4.41. The van der Waals surface area contributed by atoms with Crippen LogP contribution in [0.4, 0.5) is 26.0 Å². The van der Waals surface area contributed by atoms with E-state index in [4.69, 9.17) is 17.3 Å². The van der Waals surface area contributed by atoms with Crippen molar-refractivity contribution in [2.24, 2.45) is 0 Å². The molecule has 0 spiro atoms. The molecule has 0 unspecified atom stereocenters. The molecule has 0 fully saturated rings. The summed E-state index contributed by atoms with van der Waals surface area (Å²) in [4.78, 5) is 28.7. The molecular weight excluding hydrogens is 442 g/mol. The van der Waals surface area contributed by atoms with Gasteiger partial charge in [0.05, 0.1) is 34.4 Å². The number of hydrogen-bond donors (Lipinski definition) is 3. The van der Waals surface area contributed by atoms with Crippen molar-refractivity contribution in [3.8, 4) is 5.69 Å². The van der Waals surface area contributed by atoms with E-state index in [0.717, 1.165) is 10.9 Å². The van der Waals surface area contributed by atoms with Crippen LogP contribution in [0.5, 0.6) is 0 Å². The van der Waals surface area contributed by atoms with Crippen molar-refractivity contribution < 1.29 is 18.4 Å². The first kappa shape index (κ1) is 19.9. The fourth-order valence-corrected chi connectivity index (χ4v) is 3.88. The van der Waals surface area contributed by atoms with Gasteiger partial charge in [0.25, 0.3) is 18.2 Å². The van der Waals surface area contributed by atoms with Gasteiger partial charge in [-0.05, 0) is 24.3 Å². The minimum atomic E-state index is -3.01. The number of halogens is 3. The van der Waals surface area contributed by atoms with Gasteiger partial charge in [-0.15, -0.1) is 0 Å². The van der Waals surface area contributed by atoms with E-state index in [1.807, 2.05) is 0 Å². The molecule has 0 saturated heterocycles. The number of nitrogen functional groups attached to an aromatic ring is 1. The van der Waals surface area contributed by atoms with Crippen molar-refractivity contribution in [3.05, 3.63) is 70.6 Å². The molecule has 11 heteroatoms. The second kappa shape index (κ2) is 7.27. The number of alkyl halides is 2. The lowest BCUT2D eigenvalue weighted by Gasteiger charge is -2.12. The Hall–Kier alpha value is -4.05. The maximum Gasteiger partial charge on any atom is 0.281 e. The van der Waals surface area contributed by atoms with E-state index < -0.39 is 18.0 Å². The average molecular weight is 455 g/mol. The number of aromatic nitrogens is 3. The molecule has 3 heterocycles. The van der Waals surface area contributed by atoms with Crippen LogP contribution in [0.2, 0.25) is 5.02 Å². The highest BCUT2D eigenvalue weighted by atomic mass is 35.5. The molecule has 160 valence electrons. The molecule has 1 aliphatic heterocycles. The van der Waals surface area contributed by atoms with Gasteiger partial charge in [0.15, 0.2) is 0 Å². The van der Waals surface area contributed by atoms with Crippen molar-refractivity contribution >= 4 is 51.4 Å². The highest BCUT2D eigenvalue weighted by molar-refractivity contribution is 6.33. The SMILES string of the molecule is Nc1ncc(NC(=O)c2cnn(-c3ccc4c5c(cccc35)C(=O)N4)c2C(F)F)cc1Cl. The Kier molecular flexibility index (Phi) is 4.52. The van der Waals surface area contributed by atoms with Crippen LogP contribution in [0.3, 0.4) is 0 Å². The summed E-state index contributed by atoms with van der Waals surface area (Å²) in [5, 5.41) is 10.5. The van der Waals surface area contributed by atoms with Crippen molar-refractivity contribution in [2.75, 3.05) is 16.4 Å². The topological polar surface area (TPSA) is 115 Å². The number of nitrogens with one attached hydrogen (secondary N) is 2. The zero-order chi connectivity index (χ0) is 22.6. The lowest BCUT2D eigenvalue weighted by Crippen LogP contribution is -2.15. The number of carbonyl (C=O) groups excluding carboxylic acids is 2. The molecular formula is C21H13ClF2N6O2. The zero-order valence-corrected chi connectivity index (χ0v) is 16.8. The van der Waals surface area contributed by atoms with Crippen molar-refractivity contribution in [1.29, 1.82) is 0 Å². The number of amides is 2. The molecule has 32 heavy (non-hydrogen) atoms. The third-order valence-electron chi connectivity index (χ3n) is 5.12. The Bertz CT molecular complexity index is 1440. The smallest absolute Gasteiger partial charge is 0.281 e. The minimum Gasteiger partial charge on any atom is -0.382 e. The Morgan fingerprint density at radius 1 is 1.22 bits per heavy atom. The van der Waals surface area contributed by atoms with Gasteiger partial charge in [0, 0.05) is 22.0 Å². The molecule has 1 aliphatic rings. The van der Waals surface area contributed by atoms with Crippen LogP contribution in [-0.2, 0) is 0 Å². The predicted molar refractivity (Wildman–Crippen MR) is 116 cm³/mol. The summed E-state index contributed by atoms with van der Waals surface area (Å²) in [6.07, 6.45) is -0.677.